The van der Waals surface area contributed by atoms with E-state index in [0.29, 0.717) is 31.7 Å². The normalized spacial score (nSPS) is 18.9. The van der Waals surface area contributed by atoms with Gasteiger partial charge in [0.25, 0.3) is 5.24 Å². The third-order valence-electron chi connectivity index (χ3n) is 4.56. The number of carbonyl (C=O) groups excluding carboxylic acids is 3. The SMILES string of the molecule is O=C(CSc1nc2ccccc2s1)N1CCC(N2C(=O)CSC2=O)CC1. The number of carbonyl (C=O) groups is 3. The average Bonchev–Trinajstić information content (AvgIpc) is 3.22. The predicted octanol–water partition coefficient (Wildman–Crippen LogP) is 3.07. The van der Waals surface area contributed by atoms with Crippen LogP contribution in [0.4, 0.5) is 4.79 Å². The van der Waals surface area contributed by atoms with Crippen LogP contribution in [0.1, 0.15) is 12.8 Å². The highest BCUT2D eigenvalue weighted by atomic mass is 32.2. The molecular formula is C17H17N3O3S3. The molecule has 0 radical (unpaired) electrons. The highest BCUT2D eigenvalue weighted by molar-refractivity contribution is 8.14. The first-order valence-corrected chi connectivity index (χ1v) is 11.2. The van der Waals surface area contributed by atoms with Crippen LogP contribution in [-0.2, 0) is 9.59 Å². The first-order valence-electron chi connectivity index (χ1n) is 8.37. The average molecular weight is 408 g/mol. The molecule has 6 nitrogen and oxygen atoms in total. The second-order valence-electron chi connectivity index (χ2n) is 6.17. The Morgan fingerprint density at radius 1 is 1.23 bits per heavy atom. The van der Waals surface area contributed by atoms with Crippen LogP contribution in [0, 0.1) is 0 Å². The van der Waals surface area contributed by atoms with Crippen molar-refractivity contribution in [3.63, 3.8) is 0 Å². The number of aromatic nitrogens is 1. The molecule has 136 valence electrons. The zero-order valence-corrected chi connectivity index (χ0v) is 16.4. The first kappa shape index (κ1) is 17.8. The Hall–Kier alpha value is -1.58. The van der Waals surface area contributed by atoms with Crippen LogP contribution in [0.15, 0.2) is 28.6 Å². The summed E-state index contributed by atoms with van der Waals surface area (Å²) in [6.07, 6.45) is 1.32. The van der Waals surface area contributed by atoms with Crippen molar-refractivity contribution in [1.82, 2.24) is 14.8 Å². The first-order chi connectivity index (χ1) is 12.6. The number of piperidine rings is 1. The number of fused-ring (bicyclic) bond motifs is 1. The van der Waals surface area contributed by atoms with Crippen molar-refractivity contribution in [1.29, 1.82) is 0 Å². The number of para-hydroxylation sites is 1. The molecule has 1 aromatic heterocycles. The maximum absolute atomic E-state index is 12.5. The Morgan fingerprint density at radius 3 is 2.69 bits per heavy atom. The summed E-state index contributed by atoms with van der Waals surface area (Å²) < 4.78 is 2.03. The van der Waals surface area contributed by atoms with Crippen LogP contribution in [0.3, 0.4) is 0 Å². The molecule has 0 saturated carbocycles. The summed E-state index contributed by atoms with van der Waals surface area (Å²) in [5, 5.41) is -0.147. The Bertz CT molecular complexity index is 812. The number of hydrogen-bond acceptors (Lipinski definition) is 7. The van der Waals surface area contributed by atoms with E-state index < -0.39 is 0 Å². The third-order valence-corrected chi connectivity index (χ3v) is 7.56. The number of thiazole rings is 1. The molecule has 3 amide bonds. The van der Waals surface area contributed by atoms with E-state index in [1.165, 1.54) is 16.7 Å². The van der Waals surface area contributed by atoms with Crippen molar-refractivity contribution < 1.29 is 14.4 Å². The quantitative estimate of drug-likeness (QED) is 0.726. The molecule has 4 rings (SSSR count). The molecule has 26 heavy (non-hydrogen) atoms. The summed E-state index contributed by atoms with van der Waals surface area (Å²) in [5.74, 6) is 0.593. The second kappa shape index (κ2) is 7.58. The van der Waals surface area contributed by atoms with Gasteiger partial charge in [-0.2, -0.15) is 0 Å². The lowest BCUT2D eigenvalue weighted by atomic mass is 10.0. The summed E-state index contributed by atoms with van der Waals surface area (Å²) in [7, 11) is 0. The second-order valence-corrected chi connectivity index (χ2v) is 9.35. The van der Waals surface area contributed by atoms with Gasteiger partial charge in [-0.15, -0.1) is 11.3 Å². The third kappa shape index (κ3) is 3.60. The fraction of sp³-hybridized carbons (Fsp3) is 0.412. The van der Waals surface area contributed by atoms with Gasteiger partial charge in [0, 0.05) is 19.1 Å². The Kier molecular flexibility index (Phi) is 5.19. The van der Waals surface area contributed by atoms with Crippen LogP contribution in [0.25, 0.3) is 10.2 Å². The standard InChI is InChI=1S/C17H17N3O3S3/c21-14(9-24-16-18-12-3-1-2-4-13(12)26-16)19-7-5-11(6-8-19)20-15(22)10-25-17(20)23/h1-4,11H,5-10H2. The van der Waals surface area contributed by atoms with Gasteiger partial charge < -0.3 is 4.90 Å². The van der Waals surface area contributed by atoms with Gasteiger partial charge in [0.1, 0.15) is 0 Å². The fourth-order valence-electron chi connectivity index (χ4n) is 3.22. The number of nitrogens with zero attached hydrogens (tertiary/aromatic N) is 3. The lowest BCUT2D eigenvalue weighted by Gasteiger charge is -2.35. The molecule has 9 heteroatoms. The molecule has 0 aliphatic carbocycles. The van der Waals surface area contributed by atoms with Gasteiger partial charge in [-0.3, -0.25) is 19.3 Å². The fourth-order valence-corrected chi connectivity index (χ4v) is 5.97. The summed E-state index contributed by atoms with van der Waals surface area (Å²) in [6, 6.07) is 7.88. The van der Waals surface area contributed by atoms with Gasteiger partial charge in [-0.05, 0) is 25.0 Å². The molecule has 2 aromatic rings. The van der Waals surface area contributed by atoms with Crippen molar-refractivity contribution in [2.75, 3.05) is 24.6 Å². The van der Waals surface area contributed by atoms with Crippen molar-refractivity contribution in [2.24, 2.45) is 0 Å². The molecule has 2 saturated heterocycles. The lowest BCUT2D eigenvalue weighted by molar-refractivity contribution is -0.131. The zero-order valence-electron chi connectivity index (χ0n) is 13.9. The molecule has 0 spiro atoms. The number of rotatable bonds is 4. The molecular weight excluding hydrogens is 390 g/mol. The van der Waals surface area contributed by atoms with Crippen LogP contribution in [0.2, 0.25) is 0 Å². The number of amides is 3. The van der Waals surface area contributed by atoms with Gasteiger partial charge in [0.2, 0.25) is 11.8 Å². The van der Waals surface area contributed by atoms with E-state index in [0.717, 1.165) is 26.3 Å². The van der Waals surface area contributed by atoms with Crippen LogP contribution in [0.5, 0.6) is 0 Å². The number of likely N-dealkylation sites (tertiary alicyclic amines) is 1. The molecule has 0 bridgehead atoms. The van der Waals surface area contributed by atoms with Gasteiger partial charge in [0.05, 0.1) is 21.7 Å². The van der Waals surface area contributed by atoms with Crippen molar-refractivity contribution >= 4 is 62.1 Å². The van der Waals surface area contributed by atoms with Crippen LogP contribution < -0.4 is 0 Å². The van der Waals surface area contributed by atoms with Crippen molar-refractivity contribution in [2.45, 2.75) is 23.2 Å². The number of thioether (sulfide) groups is 2. The van der Waals surface area contributed by atoms with E-state index >= 15 is 0 Å². The van der Waals surface area contributed by atoms with Gasteiger partial charge in [0.15, 0.2) is 4.34 Å². The minimum absolute atomic E-state index is 0.0639. The van der Waals surface area contributed by atoms with E-state index in [9.17, 15) is 14.4 Å². The van der Waals surface area contributed by atoms with E-state index in [-0.39, 0.29) is 28.8 Å². The largest absolute Gasteiger partial charge is 0.342 e. The molecule has 2 aliphatic heterocycles. The highest BCUT2D eigenvalue weighted by Gasteiger charge is 2.37. The van der Waals surface area contributed by atoms with E-state index in [4.69, 9.17) is 0 Å². The highest BCUT2D eigenvalue weighted by Crippen LogP contribution is 2.30. The number of imide groups is 1. The van der Waals surface area contributed by atoms with Gasteiger partial charge >= 0.3 is 0 Å². The van der Waals surface area contributed by atoms with Crippen molar-refractivity contribution in [3.05, 3.63) is 24.3 Å². The van der Waals surface area contributed by atoms with Gasteiger partial charge in [-0.25, -0.2) is 4.98 Å². The maximum atomic E-state index is 12.5. The Morgan fingerprint density at radius 2 is 2.00 bits per heavy atom. The molecule has 2 fully saturated rings. The predicted molar refractivity (Wildman–Crippen MR) is 105 cm³/mol. The monoisotopic (exact) mass is 407 g/mol. The summed E-state index contributed by atoms with van der Waals surface area (Å²) >= 11 is 4.14. The molecule has 2 aliphatic rings. The maximum Gasteiger partial charge on any atom is 0.289 e. The minimum atomic E-state index is -0.147. The molecule has 0 unspecified atom stereocenters. The summed E-state index contributed by atoms with van der Waals surface area (Å²) in [5.41, 5.74) is 0.964. The summed E-state index contributed by atoms with van der Waals surface area (Å²) in [6.45, 7) is 1.18. The zero-order chi connectivity index (χ0) is 18.1. The smallest absolute Gasteiger partial charge is 0.289 e. The number of hydrogen-bond donors (Lipinski definition) is 0. The number of benzene rings is 1. The Balaban J connectivity index is 1.29. The van der Waals surface area contributed by atoms with Crippen LogP contribution in [-0.4, -0.2) is 62.5 Å². The van der Waals surface area contributed by atoms with E-state index in [1.54, 1.807) is 11.3 Å². The molecule has 3 heterocycles. The van der Waals surface area contributed by atoms with E-state index in [1.807, 2.05) is 29.2 Å². The van der Waals surface area contributed by atoms with E-state index in [2.05, 4.69) is 4.98 Å². The molecule has 0 atom stereocenters. The van der Waals surface area contributed by atoms with Crippen molar-refractivity contribution in [3.8, 4) is 0 Å². The topological polar surface area (TPSA) is 70.6 Å². The molecule has 1 aromatic carbocycles. The molecule has 0 N–H and O–H groups in total. The Labute approximate surface area is 163 Å². The van der Waals surface area contributed by atoms with Crippen LogP contribution >= 0.6 is 34.9 Å². The van der Waals surface area contributed by atoms with Gasteiger partial charge in [-0.1, -0.05) is 35.7 Å². The minimum Gasteiger partial charge on any atom is -0.342 e. The summed E-state index contributed by atoms with van der Waals surface area (Å²) in [4.78, 5) is 43.9. The lowest BCUT2D eigenvalue weighted by Crippen LogP contribution is -2.48.